The summed E-state index contributed by atoms with van der Waals surface area (Å²) in [5, 5.41) is 22.2. The number of aliphatic hydroxyl groups excluding tert-OH is 1. The van der Waals surface area contributed by atoms with Crippen molar-refractivity contribution in [2.75, 3.05) is 26.9 Å². The summed E-state index contributed by atoms with van der Waals surface area (Å²) in [6.07, 6.45) is 3.55. The standard InChI is InChI=1S/C21H25NO7/c1-3-28-11-13-9-21-7-6-12(24)8-16(21)19(22(25)26)15(10-23)14-4-5-17(27-2)20(29-13)18(14)21/h4-7,13,15-16,19,23H,3,8-11H2,1-2H3/t13?,15?,16-,19+,21+/m0/s1. The molecule has 0 bridgehead atoms. The first-order chi connectivity index (χ1) is 14.0. The average molecular weight is 403 g/mol. The maximum atomic E-state index is 12.3. The summed E-state index contributed by atoms with van der Waals surface area (Å²) in [7, 11) is 1.55. The van der Waals surface area contributed by atoms with E-state index >= 15 is 0 Å². The maximum Gasteiger partial charge on any atom is 0.226 e. The molecule has 0 radical (unpaired) electrons. The summed E-state index contributed by atoms with van der Waals surface area (Å²) in [5.41, 5.74) is 0.752. The Morgan fingerprint density at radius 3 is 2.86 bits per heavy atom. The molecule has 0 fully saturated rings. The van der Waals surface area contributed by atoms with Crippen molar-refractivity contribution in [2.24, 2.45) is 5.92 Å². The van der Waals surface area contributed by atoms with Crippen LogP contribution in [0, 0.1) is 16.0 Å². The van der Waals surface area contributed by atoms with Crippen LogP contribution in [0.3, 0.4) is 0 Å². The molecule has 2 unspecified atom stereocenters. The minimum Gasteiger partial charge on any atom is -0.493 e. The van der Waals surface area contributed by atoms with Crippen LogP contribution in [-0.4, -0.2) is 54.9 Å². The third-order valence-electron chi connectivity index (χ3n) is 6.51. The van der Waals surface area contributed by atoms with Gasteiger partial charge in [-0.15, -0.1) is 0 Å². The summed E-state index contributed by atoms with van der Waals surface area (Å²) in [6.45, 7) is 2.38. The number of hydrogen-bond donors (Lipinski definition) is 1. The molecule has 0 amide bonds. The molecule has 0 aromatic heterocycles. The van der Waals surface area contributed by atoms with Crippen LogP contribution in [-0.2, 0) is 14.9 Å². The fraction of sp³-hybridized carbons (Fsp3) is 0.571. The van der Waals surface area contributed by atoms with Gasteiger partial charge >= 0.3 is 0 Å². The summed E-state index contributed by atoms with van der Waals surface area (Å²) in [4.78, 5) is 24.1. The quantitative estimate of drug-likeness (QED) is 0.572. The van der Waals surface area contributed by atoms with Gasteiger partial charge in [-0.3, -0.25) is 14.9 Å². The van der Waals surface area contributed by atoms with Gasteiger partial charge in [-0.1, -0.05) is 12.1 Å². The van der Waals surface area contributed by atoms with Crippen molar-refractivity contribution in [1.82, 2.24) is 0 Å². The van der Waals surface area contributed by atoms with Crippen molar-refractivity contribution in [3.8, 4) is 11.5 Å². The first kappa shape index (κ1) is 19.8. The normalized spacial score (nSPS) is 32.2. The number of rotatable bonds is 6. The highest BCUT2D eigenvalue weighted by Crippen LogP contribution is 2.60. The van der Waals surface area contributed by atoms with Gasteiger partial charge in [-0.2, -0.15) is 0 Å². The van der Waals surface area contributed by atoms with Crippen molar-refractivity contribution in [1.29, 1.82) is 0 Å². The van der Waals surface area contributed by atoms with E-state index in [2.05, 4.69) is 0 Å². The first-order valence-corrected chi connectivity index (χ1v) is 9.89. The van der Waals surface area contributed by atoms with Crippen molar-refractivity contribution in [3.05, 3.63) is 45.5 Å². The zero-order chi connectivity index (χ0) is 20.8. The Balaban J connectivity index is 1.99. The molecule has 1 N–H and O–H groups in total. The number of carbonyl (C=O) groups excluding carboxylic acids is 1. The van der Waals surface area contributed by atoms with Crippen LogP contribution >= 0.6 is 0 Å². The highest BCUT2D eigenvalue weighted by molar-refractivity contribution is 5.92. The molecule has 8 heteroatoms. The van der Waals surface area contributed by atoms with Gasteiger partial charge in [0.15, 0.2) is 17.3 Å². The number of ether oxygens (including phenoxy) is 3. The summed E-state index contributed by atoms with van der Waals surface area (Å²) in [6, 6.07) is 2.44. The molecule has 3 aliphatic rings. The Morgan fingerprint density at radius 1 is 1.41 bits per heavy atom. The molecule has 1 spiro atoms. The van der Waals surface area contributed by atoms with Crippen LogP contribution in [0.25, 0.3) is 0 Å². The monoisotopic (exact) mass is 403 g/mol. The van der Waals surface area contributed by atoms with E-state index in [1.807, 2.05) is 13.0 Å². The first-order valence-electron chi connectivity index (χ1n) is 9.89. The number of aliphatic hydroxyl groups is 1. The molecule has 1 aliphatic heterocycles. The van der Waals surface area contributed by atoms with Crippen LogP contribution in [0.4, 0.5) is 0 Å². The molecular weight excluding hydrogens is 378 g/mol. The fourth-order valence-electron chi connectivity index (χ4n) is 5.39. The van der Waals surface area contributed by atoms with Gasteiger partial charge in [0.2, 0.25) is 6.04 Å². The molecule has 29 heavy (non-hydrogen) atoms. The van der Waals surface area contributed by atoms with Gasteiger partial charge in [0, 0.05) is 41.3 Å². The Labute approximate surface area is 168 Å². The van der Waals surface area contributed by atoms with Crippen LogP contribution in [0.2, 0.25) is 0 Å². The fourth-order valence-corrected chi connectivity index (χ4v) is 5.39. The zero-order valence-electron chi connectivity index (χ0n) is 16.5. The smallest absolute Gasteiger partial charge is 0.226 e. The van der Waals surface area contributed by atoms with Crippen LogP contribution < -0.4 is 9.47 Å². The number of nitrogens with zero attached hydrogens (tertiary/aromatic N) is 1. The van der Waals surface area contributed by atoms with Gasteiger partial charge < -0.3 is 19.3 Å². The number of ketones is 1. The van der Waals surface area contributed by atoms with E-state index in [0.717, 1.165) is 5.56 Å². The predicted octanol–water partition coefficient (Wildman–Crippen LogP) is 2.00. The molecule has 1 aromatic rings. The van der Waals surface area contributed by atoms with Gasteiger partial charge in [-0.05, 0) is 24.6 Å². The Morgan fingerprint density at radius 2 is 2.21 bits per heavy atom. The van der Waals surface area contributed by atoms with E-state index in [1.54, 1.807) is 19.2 Å². The summed E-state index contributed by atoms with van der Waals surface area (Å²) >= 11 is 0. The number of hydrogen-bond acceptors (Lipinski definition) is 7. The third-order valence-corrected chi connectivity index (χ3v) is 6.51. The molecule has 156 valence electrons. The highest BCUT2D eigenvalue weighted by Gasteiger charge is 2.61. The number of methoxy groups -OCH3 is 1. The average Bonchev–Trinajstić information content (AvgIpc) is 2.71. The lowest BCUT2D eigenvalue weighted by Gasteiger charge is -2.52. The zero-order valence-corrected chi connectivity index (χ0v) is 16.5. The van der Waals surface area contributed by atoms with Crippen LogP contribution in [0.15, 0.2) is 24.3 Å². The van der Waals surface area contributed by atoms with E-state index in [4.69, 9.17) is 14.2 Å². The van der Waals surface area contributed by atoms with Crippen molar-refractivity contribution in [3.63, 3.8) is 0 Å². The number of carbonyl (C=O) groups is 1. The van der Waals surface area contributed by atoms with Crippen molar-refractivity contribution < 1.29 is 29.0 Å². The molecule has 1 aromatic carbocycles. The van der Waals surface area contributed by atoms with Gasteiger partial charge in [-0.25, -0.2) is 0 Å². The minimum absolute atomic E-state index is 0.0656. The molecule has 8 nitrogen and oxygen atoms in total. The van der Waals surface area contributed by atoms with Crippen LogP contribution in [0.5, 0.6) is 11.5 Å². The van der Waals surface area contributed by atoms with Crippen molar-refractivity contribution in [2.45, 2.75) is 43.2 Å². The lowest BCUT2D eigenvalue weighted by atomic mass is 9.52. The molecule has 1 heterocycles. The summed E-state index contributed by atoms with van der Waals surface area (Å²) in [5.74, 6) is -0.354. The molecular formula is C21H25NO7. The van der Waals surface area contributed by atoms with E-state index in [1.165, 1.54) is 6.08 Å². The second kappa shape index (κ2) is 7.42. The Kier molecular flexibility index (Phi) is 5.08. The molecule has 5 atom stereocenters. The summed E-state index contributed by atoms with van der Waals surface area (Å²) < 4.78 is 17.4. The number of nitro groups is 1. The SMILES string of the molecule is CCOCC1C[C@]23C=CC(=O)C[C@H]2[C@H]([N+](=O)[O-])C(CO)c2ccc(OC)c(c23)O1. The molecule has 2 aliphatic carbocycles. The largest absolute Gasteiger partial charge is 0.493 e. The van der Waals surface area contributed by atoms with E-state index in [9.17, 15) is 20.0 Å². The third kappa shape index (κ3) is 2.93. The van der Waals surface area contributed by atoms with E-state index < -0.39 is 23.3 Å². The van der Waals surface area contributed by atoms with Gasteiger partial charge in [0.1, 0.15) is 6.10 Å². The predicted molar refractivity (Wildman–Crippen MR) is 103 cm³/mol. The van der Waals surface area contributed by atoms with Crippen molar-refractivity contribution >= 4 is 5.78 Å². The lowest BCUT2D eigenvalue weighted by molar-refractivity contribution is -0.541. The second-order valence-electron chi connectivity index (χ2n) is 7.88. The number of benzene rings is 1. The van der Waals surface area contributed by atoms with Gasteiger partial charge in [0.25, 0.3) is 0 Å². The highest BCUT2D eigenvalue weighted by atomic mass is 16.6. The molecule has 4 rings (SSSR count). The van der Waals surface area contributed by atoms with E-state index in [0.29, 0.717) is 36.7 Å². The molecule has 0 saturated heterocycles. The Bertz CT molecular complexity index is 867. The minimum atomic E-state index is -1.06. The second-order valence-corrected chi connectivity index (χ2v) is 7.88. The van der Waals surface area contributed by atoms with E-state index in [-0.39, 0.29) is 29.8 Å². The number of allylic oxidation sites excluding steroid dienone is 2. The maximum absolute atomic E-state index is 12.3. The topological polar surface area (TPSA) is 108 Å². The molecule has 0 saturated carbocycles. The lowest BCUT2D eigenvalue weighted by Crippen LogP contribution is -2.57. The van der Waals surface area contributed by atoms with Crippen LogP contribution in [0.1, 0.15) is 36.8 Å². The Hall–Kier alpha value is -2.45. The van der Waals surface area contributed by atoms with Gasteiger partial charge in [0.05, 0.1) is 26.2 Å².